The van der Waals surface area contributed by atoms with Gasteiger partial charge in [-0.25, -0.2) is 4.79 Å². The lowest BCUT2D eigenvalue weighted by molar-refractivity contribution is -0.125. The van der Waals surface area contributed by atoms with Crippen LogP contribution in [0.2, 0.25) is 5.02 Å². The molecule has 0 fully saturated rings. The number of amides is 2. The number of anilines is 1. The van der Waals surface area contributed by atoms with Gasteiger partial charge < -0.3 is 15.0 Å². The van der Waals surface area contributed by atoms with Gasteiger partial charge in [-0.05, 0) is 78.5 Å². The van der Waals surface area contributed by atoms with E-state index in [0.717, 1.165) is 11.1 Å². The minimum absolute atomic E-state index is 0.0901. The average Bonchev–Trinajstić information content (AvgIpc) is 3.52. The van der Waals surface area contributed by atoms with Crippen LogP contribution in [-0.2, 0) is 27.2 Å². The molecule has 1 aromatic heterocycles. The van der Waals surface area contributed by atoms with E-state index in [1.165, 1.54) is 17.1 Å². The molecule has 0 saturated heterocycles. The van der Waals surface area contributed by atoms with E-state index in [2.05, 4.69) is 26.2 Å². The van der Waals surface area contributed by atoms with Crippen LogP contribution in [-0.4, -0.2) is 76.2 Å². The van der Waals surface area contributed by atoms with Crippen LogP contribution >= 0.6 is 11.6 Å². The van der Waals surface area contributed by atoms with Gasteiger partial charge in [0.1, 0.15) is 12.9 Å². The second-order valence-electron chi connectivity index (χ2n) is 9.95. The first-order valence-corrected chi connectivity index (χ1v) is 13.9. The van der Waals surface area contributed by atoms with E-state index < -0.39 is 18.0 Å². The number of benzene rings is 3. The van der Waals surface area contributed by atoms with Gasteiger partial charge in [-0.1, -0.05) is 54.1 Å². The van der Waals surface area contributed by atoms with Crippen molar-refractivity contribution in [1.82, 2.24) is 30.4 Å². The highest BCUT2D eigenvalue weighted by Crippen LogP contribution is 2.20. The summed E-state index contributed by atoms with van der Waals surface area (Å²) in [5.74, 6) is -0.601. The van der Waals surface area contributed by atoms with E-state index >= 15 is 0 Å². The van der Waals surface area contributed by atoms with Crippen LogP contribution in [0.3, 0.4) is 0 Å². The molecule has 12 heteroatoms. The lowest BCUT2D eigenvalue weighted by Crippen LogP contribution is -2.42. The van der Waals surface area contributed by atoms with Gasteiger partial charge in [0.15, 0.2) is 5.78 Å². The zero-order chi connectivity index (χ0) is 30.6. The lowest BCUT2D eigenvalue weighted by atomic mass is 9.97. The Bertz CT molecular complexity index is 1540. The number of carbonyl (C=O) groups is 3. The van der Waals surface area contributed by atoms with E-state index in [4.69, 9.17) is 16.3 Å². The molecule has 3 aromatic carbocycles. The first kappa shape index (κ1) is 31.1. The maximum atomic E-state index is 13.4. The lowest BCUT2D eigenvalue weighted by Gasteiger charge is -2.17. The number of likely N-dealkylation sites (N-methyl/N-ethyl adjacent to an activating group) is 1. The molecule has 2 N–H and O–H groups in total. The number of ketones is 1. The van der Waals surface area contributed by atoms with Crippen molar-refractivity contribution >= 4 is 41.1 Å². The van der Waals surface area contributed by atoms with Crippen LogP contribution in [0.15, 0.2) is 85.2 Å². The van der Waals surface area contributed by atoms with Gasteiger partial charge in [0.05, 0.1) is 11.7 Å². The zero-order valence-corrected chi connectivity index (χ0v) is 24.6. The zero-order valence-electron chi connectivity index (χ0n) is 23.8. The van der Waals surface area contributed by atoms with Gasteiger partial charge in [-0.2, -0.15) is 4.68 Å². The van der Waals surface area contributed by atoms with E-state index in [1.807, 2.05) is 49.3 Å². The number of tetrazole rings is 1. The molecule has 0 bridgehead atoms. The fourth-order valence-electron chi connectivity index (χ4n) is 4.12. The molecule has 0 radical (unpaired) electrons. The minimum Gasteiger partial charge on any atom is -0.448 e. The summed E-state index contributed by atoms with van der Waals surface area (Å²) >= 11 is 6.18. The summed E-state index contributed by atoms with van der Waals surface area (Å²) in [4.78, 5) is 40.4. The second-order valence-corrected chi connectivity index (χ2v) is 10.4. The van der Waals surface area contributed by atoms with Gasteiger partial charge in [0.2, 0.25) is 5.91 Å². The van der Waals surface area contributed by atoms with Crippen molar-refractivity contribution in [2.24, 2.45) is 0 Å². The first-order chi connectivity index (χ1) is 20.8. The van der Waals surface area contributed by atoms with Crippen molar-refractivity contribution in [3.63, 3.8) is 0 Å². The van der Waals surface area contributed by atoms with Gasteiger partial charge in [0.25, 0.3) is 0 Å². The van der Waals surface area contributed by atoms with Crippen molar-refractivity contribution in [1.29, 1.82) is 0 Å². The highest BCUT2D eigenvalue weighted by atomic mass is 35.5. The smallest absolute Gasteiger partial charge is 0.411 e. The molecule has 0 unspecified atom stereocenters. The number of halogens is 1. The molecule has 0 aliphatic heterocycles. The van der Waals surface area contributed by atoms with Crippen LogP contribution in [0.1, 0.15) is 16.7 Å². The predicted molar refractivity (Wildman–Crippen MR) is 164 cm³/mol. The Morgan fingerprint density at radius 3 is 2.49 bits per heavy atom. The molecule has 0 saturated carbocycles. The molecule has 1 atom stereocenters. The molecule has 222 valence electrons. The van der Waals surface area contributed by atoms with Crippen molar-refractivity contribution in [3.8, 4) is 5.69 Å². The van der Waals surface area contributed by atoms with E-state index in [-0.39, 0.29) is 18.8 Å². The van der Waals surface area contributed by atoms with Crippen molar-refractivity contribution < 1.29 is 19.1 Å². The number of Topliss-reactive ketones (excluding diaryl/α,β-unsaturated/α-hetero) is 1. The first-order valence-electron chi connectivity index (χ1n) is 13.5. The van der Waals surface area contributed by atoms with Crippen LogP contribution in [0.5, 0.6) is 0 Å². The number of aromatic nitrogens is 4. The number of hydrogen-bond donors (Lipinski definition) is 2. The Kier molecular flexibility index (Phi) is 11.1. The molecule has 0 aliphatic rings. The molecule has 11 nitrogen and oxygen atoms in total. The van der Waals surface area contributed by atoms with Crippen molar-refractivity contribution in [2.75, 3.05) is 32.6 Å². The minimum atomic E-state index is -0.776. The number of hydrogen-bond acceptors (Lipinski definition) is 8. The third-order valence-corrected chi connectivity index (χ3v) is 6.57. The number of nitrogens with one attached hydrogen (secondary N) is 2. The van der Waals surface area contributed by atoms with E-state index in [0.29, 0.717) is 34.9 Å². The maximum Gasteiger partial charge on any atom is 0.411 e. The van der Waals surface area contributed by atoms with E-state index in [9.17, 15) is 14.4 Å². The molecule has 0 spiro atoms. The van der Waals surface area contributed by atoms with Gasteiger partial charge >= 0.3 is 6.09 Å². The standard InChI is InChI=1S/C31H32ClN7O4/c1-38(2)16-17-43-31(42)34-26-12-8-23(9-13-26)19-29(40)27(18-22-6-4-3-5-7-22)35-30(41)15-10-24-20-25(32)11-14-28(24)39-21-33-36-37-39/h3-15,20-21,27H,16-19H2,1-2H3,(H,34,42)(H,35,41)/b15-10+/t27-/m0/s1. The fraction of sp³-hybridized carbons (Fsp3) is 0.226. The normalized spacial score (nSPS) is 11.8. The number of ether oxygens (including phenoxy) is 1. The van der Waals surface area contributed by atoms with Gasteiger partial charge in [-0.15, -0.1) is 5.10 Å². The number of nitrogens with zero attached hydrogens (tertiary/aromatic N) is 5. The Balaban J connectivity index is 1.42. The quantitative estimate of drug-likeness (QED) is 0.220. The summed E-state index contributed by atoms with van der Waals surface area (Å²) in [6, 6.07) is 20.8. The third-order valence-electron chi connectivity index (χ3n) is 6.34. The summed E-state index contributed by atoms with van der Waals surface area (Å²) in [6.45, 7) is 0.891. The molecule has 4 rings (SSSR count). The Morgan fingerprint density at radius 1 is 1.02 bits per heavy atom. The summed E-state index contributed by atoms with van der Waals surface area (Å²) in [6.07, 6.45) is 4.25. The van der Waals surface area contributed by atoms with E-state index in [1.54, 1.807) is 48.5 Å². The summed E-state index contributed by atoms with van der Waals surface area (Å²) < 4.78 is 6.61. The monoisotopic (exact) mass is 601 g/mol. The highest BCUT2D eigenvalue weighted by molar-refractivity contribution is 6.30. The maximum absolute atomic E-state index is 13.4. The van der Waals surface area contributed by atoms with Gasteiger partial charge in [-0.3, -0.25) is 14.9 Å². The Hall–Kier alpha value is -4.87. The topological polar surface area (TPSA) is 131 Å². The van der Waals surface area contributed by atoms with Gasteiger partial charge in [0, 0.05) is 35.3 Å². The molecule has 4 aromatic rings. The average molecular weight is 602 g/mol. The molecule has 43 heavy (non-hydrogen) atoms. The molecule has 2 amide bonds. The van der Waals surface area contributed by atoms with Crippen molar-refractivity contribution in [2.45, 2.75) is 18.9 Å². The Labute approximate surface area is 254 Å². The third kappa shape index (κ3) is 9.87. The van der Waals surface area contributed by atoms with Crippen LogP contribution in [0, 0.1) is 0 Å². The molecular formula is C31H32ClN7O4. The second kappa shape index (κ2) is 15.4. The Morgan fingerprint density at radius 2 is 1.79 bits per heavy atom. The number of carbonyl (C=O) groups excluding carboxylic acids is 3. The number of rotatable bonds is 13. The summed E-state index contributed by atoms with van der Waals surface area (Å²) in [5.41, 5.74) is 3.45. The summed E-state index contributed by atoms with van der Waals surface area (Å²) in [7, 11) is 3.79. The summed E-state index contributed by atoms with van der Waals surface area (Å²) in [5, 5.41) is 17.2. The fourth-order valence-corrected chi connectivity index (χ4v) is 4.31. The van der Waals surface area contributed by atoms with Crippen molar-refractivity contribution in [3.05, 3.63) is 107 Å². The molecule has 1 heterocycles. The highest BCUT2D eigenvalue weighted by Gasteiger charge is 2.21. The largest absolute Gasteiger partial charge is 0.448 e. The molecular weight excluding hydrogens is 570 g/mol. The van der Waals surface area contributed by atoms with Crippen LogP contribution in [0.25, 0.3) is 11.8 Å². The predicted octanol–water partition coefficient (Wildman–Crippen LogP) is 3.98. The van der Waals surface area contributed by atoms with Crippen LogP contribution in [0.4, 0.5) is 10.5 Å². The SMILES string of the molecule is CN(C)CCOC(=O)Nc1ccc(CC(=O)[C@H](Cc2ccccc2)NC(=O)/C=C/c2cc(Cl)ccc2-n2cnnn2)cc1. The molecule has 0 aliphatic carbocycles. The van der Waals surface area contributed by atoms with Crippen LogP contribution < -0.4 is 10.6 Å².